The summed E-state index contributed by atoms with van der Waals surface area (Å²) in [6.07, 6.45) is 8.24. The second-order valence-corrected chi connectivity index (χ2v) is 11.3. The molecule has 1 atom stereocenters. The molecule has 0 radical (unpaired) electrons. The van der Waals surface area contributed by atoms with Gasteiger partial charge in [0.1, 0.15) is 18.0 Å². The molecular weight excluding hydrogens is 506 g/mol. The molecular formula is C31H37N5O4. The molecule has 1 aliphatic carbocycles. The second kappa shape index (κ2) is 11.1. The molecule has 3 aromatic rings. The molecule has 1 unspecified atom stereocenters. The maximum absolute atomic E-state index is 13.3. The Kier molecular flexibility index (Phi) is 7.42. The van der Waals surface area contributed by atoms with Gasteiger partial charge in [-0.2, -0.15) is 0 Å². The SMILES string of the molecule is CNC(=O)C(CCC=O)N1Cc2cc(-c3cc(CN4CCCC4)c4ccn(C5CC(OC)C5)c4n3)ccc2C1=O. The van der Waals surface area contributed by atoms with Gasteiger partial charge in [-0.25, -0.2) is 4.98 Å². The number of aldehydes is 1. The van der Waals surface area contributed by atoms with Gasteiger partial charge in [-0.05, 0) is 80.6 Å². The van der Waals surface area contributed by atoms with Gasteiger partial charge < -0.3 is 24.3 Å². The summed E-state index contributed by atoms with van der Waals surface area (Å²) >= 11 is 0. The Balaban J connectivity index is 1.35. The molecule has 1 aromatic carbocycles. The van der Waals surface area contributed by atoms with Crippen molar-refractivity contribution >= 4 is 29.1 Å². The number of hydrogen-bond donors (Lipinski definition) is 1. The first kappa shape index (κ1) is 26.7. The molecule has 0 bridgehead atoms. The van der Waals surface area contributed by atoms with E-state index in [2.05, 4.69) is 33.1 Å². The average molecular weight is 544 g/mol. The van der Waals surface area contributed by atoms with Gasteiger partial charge in [0.2, 0.25) is 5.91 Å². The van der Waals surface area contributed by atoms with E-state index in [-0.39, 0.29) is 18.2 Å². The number of likely N-dealkylation sites (tertiary alicyclic amines) is 1. The van der Waals surface area contributed by atoms with Crippen LogP contribution in [-0.2, 0) is 27.4 Å². The number of pyridine rings is 1. The van der Waals surface area contributed by atoms with Gasteiger partial charge in [0.15, 0.2) is 0 Å². The van der Waals surface area contributed by atoms with Crippen molar-refractivity contribution in [3.63, 3.8) is 0 Å². The van der Waals surface area contributed by atoms with Crippen LogP contribution in [-0.4, -0.2) is 76.8 Å². The van der Waals surface area contributed by atoms with Gasteiger partial charge in [-0.3, -0.25) is 14.5 Å². The highest BCUT2D eigenvalue weighted by molar-refractivity contribution is 6.01. The largest absolute Gasteiger partial charge is 0.381 e. The number of amides is 2. The molecule has 4 heterocycles. The van der Waals surface area contributed by atoms with Gasteiger partial charge in [0, 0.05) is 62.4 Å². The van der Waals surface area contributed by atoms with Crippen LogP contribution in [0.3, 0.4) is 0 Å². The Morgan fingerprint density at radius 2 is 2.00 bits per heavy atom. The summed E-state index contributed by atoms with van der Waals surface area (Å²) in [7, 11) is 3.33. The topological polar surface area (TPSA) is 96.8 Å². The van der Waals surface area contributed by atoms with E-state index in [0.29, 0.717) is 30.7 Å². The number of nitrogens with one attached hydrogen (secondary N) is 1. The summed E-state index contributed by atoms with van der Waals surface area (Å²) in [5.74, 6) is -0.430. The quantitative estimate of drug-likeness (QED) is 0.392. The molecule has 6 rings (SSSR count). The van der Waals surface area contributed by atoms with E-state index in [9.17, 15) is 14.4 Å². The first-order chi connectivity index (χ1) is 19.5. The van der Waals surface area contributed by atoms with Gasteiger partial charge in [0.25, 0.3) is 5.91 Å². The predicted octanol–water partition coefficient (Wildman–Crippen LogP) is 3.70. The van der Waals surface area contributed by atoms with E-state index < -0.39 is 6.04 Å². The Labute approximate surface area is 234 Å². The molecule has 1 saturated heterocycles. The second-order valence-electron chi connectivity index (χ2n) is 11.3. The number of carbonyl (C=O) groups is 3. The van der Waals surface area contributed by atoms with Crippen molar-refractivity contribution < 1.29 is 19.1 Å². The molecule has 40 heavy (non-hydrogen) atoms. The van der Waals surface area contributed by atoms with Crippen molar-refractivity contribution in [2.24, 2.45) is 0 Å². The standard InChI is InChI=1S/C31H37N5O4/c1-32-30(38)28(6-5-13-37)36-19-21-14-20(7-8-26(21)31(36)39)27-15-22(18-34-10-3-4-11-34)25-9-12-35(29(25)33-27)23-16-24(17-23)40-2/h7-9,12-15,23-24,28H,3-6,10-11,16-19H2,1-2H3,(H,32,38). The molecule has 210 valence electrons. The van der Waals surface area contributed by atoms with Crippen LogP contribution in [0.25, 0.3) is 22.3 Å². The number of nitrogens with zero attached hydrogens (tertiary/aromatic N) is 4. The number of rotatable bonds is 10. The summed E-state index contributed by atoms with van der Waals surface area (Å²) < 4.78 is 7.85. The number of ether oxygens (including phenoxy) is 1. The molecule has 1 N–H and O–H groups in total. The third-order valence-electron chi connectivity index (χ3n) is 8.88. The number of hydrogen-bond acceptors (Lipinski definition) is 6. The predicted molar refractivity (Wildman–Crippen MR) is 152 cm³/mol. The van der Waals surface area contributed by atoms with E-state index in [1.165, 1.54) is 23.8 Å². The van der Waals surface area contributed by atoms with Gasteiger partial charge >= 0.3 is 0 Å². The zero-order valence-electron chi connectivity index (χ0n) is 23.3. The molecule has 3 aliphatic rings. The smallest absolute Gasteiger partial charge is 0.255 e. The van der Waals surface area contributed by atoms with E-state index >= 15 is 0 Å². The number of benzene rings is 1. The van der Waals surface area contributed by atoms with Crippen molar-refractivity contribution in [3.05, 3.63) is 53.2 Å². The molecule has 0 spiro atoms. The molecule has 1 saturated carbocycles. The van der Waals surface area contributed by atoms with E-state index in [1.807, 2.05) is 18.2 Å². The fourth-order valence-corrected chi connectivity index (χ4v) is 6.48. The molecule has 9 nitrogen and oxygen atoms in total. The van der Waals surface area contributed by atoms with Gasteiger partial charge in [0.05, 0.1) is 11.8 Å². The summed E-state index contributed by atoms with van der Waals surface area (Å²) in [5.41, 5.74) is 5.60. The lowest BCUT2D eigenvalue weighted by Gasteiger charge is -2.35. The van der Waals surface area contributed by atoms with Crippen LogP contribution in [0.2, 0.25) is 0 Å². The van der Waals surface area contributed by atoms with Crippen molar-refractivity contribution in [3.8, 4) is 11.3 Å². The van der Waals surface area contributed by atoms with Gasteiger partial charge in [-0.1, -0.05) is 6.07 Å². The lowest BCUT2D eigenvalue weighted by atomic mass is 9.89. The Morgan fingerprint density at radius 3 is 2.73 bits per heavy atom. The van der Waals surface area contributed by atoms with Crippen LogP contribution in [0.15, 0.2) is 36.5 Å². The monoisotopic (exact) mass is 543 g/mol. The number of fused-ring (bicyclic) bond motifs is 2. The number of likely N-dealkylation sites (N-methyl/N-ethyl adjacent to an activating group) is 1. The Hall–Kier alpha value is -3.56. The molecule has 2 fully saturated rings. The van der Waals surface area contributed by atoms with Crippen LogP contribution in [0, 0.1) is 0 Å². The first-order valence-electron chi connectivity index (χ1n) is 14.4. The van der Waals surface area contributed by atoms with E-state index in [4.69, 9.17) is 9.72 Å². The number of aromatic nitrogens is 2. The third-order valence-corrected chi connectivity index (χ3v) is 8.88. The fourth-order valence-electron chi connectivity index (χ4n) is 6.48. The molecule has 2 aliphatic heterocycles. The molecule has 2 amide bonds. The number of carbonyl (C=O) groups excluding carboxylic acids is 3. The van der Waals surface area contributed by atoms with Crippen molar-refractivity contribution in [1.29, 1.82) is 0 Å². The zero-order chi connectivity index (χ0) is 27.8. The maximum atomic E-state index is 13.3. The summed E-state index contributed by atoms with van der Waals surface area (Å²) in [4.78, 5) is 46.2. The first-order valence-corrected chi connectivity index (χ1v) is 14.4. The minimum atomic E-state index is -0.679. The summed E-state index contributed by atoms with van der Waals surface area (Å²) in [6, 6.07) is 9.97. The third kappa shape index (κ3) is 4.81. The normalized spacial score (nSPS) is 21.4. The van der Waals surface area contributed by atoms with Crippen LogP contribution >= 0.6 is 0 Å². The van der Waals surface area contributed by atoms with E-state index in [0.717, 1.165) is 61.2 Å². The maximum Gasteiger partial charge on any atom is 0.255 e. The van der Waals surface area contributed by atoms with Crippen LogP contribution in [0.1, 0.15) is 66.1 Å². The number of methoxy groups -OCH3 is 1. The van der Waals surface area contributed by atoms with E-state index in [1.54, 1.807) is 19.1 Å². The Morgan fingerprint density at radius 1 is 1.20 bits per heavy atom. The van der Waals surface area contributed by atoms with Crippen molar-refractivity contribution in [2.45, 2.75) is 69.8 Å². The fraction of sp³-hybridized carbons (Fsp3) is 0.484. The lowest BCUT2D eigenvalue weighted by Crippen LogP contribution is -2.46. The minimum Gasteiger partial charge on any atom is -0.381 e. The molecule has 9 heteroatoms. The highest BCUT2D eigenvalue weighted by Crippen LogP contribution is 2.38. The van der Waals surface area contributed by atoms with Crippen molar-refractivity contribution in [2.75, 3.05) is 27.2 Å². The highest BCUT2D eigenvalue weighted by Gasteiger charge is 2.36. The van der Waals surface area contributed by atoms with Crippen LogP contribution < -0.4 is 5.32 Å². The van der Waals surface area contributed by atoms with Crippen LogP contribution in [0.5, 0.6) is 0 Å². The summed E-state index contributed by atoms with van der Waals surface area (Å²) in [6.45, 7) is 3.46. The van der Waals surface area contributed by atoms with Crippen LogP contribution in [0.4, 0.5) is 0 Å². The highest BCUT2D eigenvalue weighted by atomic mass is 16.5. The zero-order valence-corrected chi connectivity index (χ0v) is 23.3. The summed E-state index contributed by atoms with van der Waals surface area (Å²) in [5, 5.41) is 3.84. The lowest BCUT2D eigenvalue weighted by molar-refractivity contribution is -0.125. The minimum absolute atomic E-state index is 0.175. The van der Waals surface area contributed by atoms with Gasteiger partial charge in [-0.15, -0.1) is 0 Å². The Bertz CT molecular complexity index is 1440. The average Bonchev–Trinajstić information content (AvgIpc) is 3.68. The molecule has 2 aromatic heterocycles. The van der Waals surface area contributed by atoms with Crippen molar-refractivity contribution in [1.82, 2.24) is 24.7 Å².